The summed E-state index contributed by atoms with van der Waals surface area (Å²) in [6, 6.07) is 0.609. The standard InChI is InChI=1S/C11H25N3S/c1-3-15-9-4-11(10-12)14-7-5-13(2)6-8-14/h11H,3-10,12H2,1-2H3. The highest BCUT2D eigenvalue weighted by atomic mass is 32.2. The van der Waals surface area contributed by atoms with Crippen molar-refractivity contribution in [2.75, 3.05) is 51.3 Å². The van der Waals surface area contributed by atoms with Crippen molar-refractivity contribution in [3.05, 3.63) is 0 Å². The van der Waals surface area contributed by atoms with Crippen LogP contribution in [0.2, 0.25) is 0 Å². The molecule has 1 aliphatic heterocycles. The zero-order valence-electron chi connectivity index (χ0n) is 10.1. The van der Waals surface area contributed by atoms with Crippen molar-refractivity contribution < 1.29 is 0 Å². The van der Waals surface area contributed by atoms with Crippen LogP contribution in [-0.2, 0) is 0 Å². The molecule has 1 atom stereocenters. The third kappa shape index (κ3) is 4.72. The second-order valence-corrected chi connectivity index (χ2v) is 5.61. The molecular weight excluding hydrogens is 206 g/mol. The zero-order chi connectivity index (χ0) is 11.1. The van der Waals surface area contributed by atoms with Gasteiger partial charge in [0.1, 0.15) is 0 Å². The van der Waals surface area contributed by atoms with Gasteiger partial charge in [0.15, 0.2) is 0 Å². The van der Waals surface area contributed by atoms with Gasteiger partial charge in [-0.1, -0.05) is 6.92 Å². The molecule has 4 heteroatoms. The topological polar surface area (TPSA) is 32.5 Å². The summed E-state index contributed by atoms with van der Waals surface area (Å²) in [5.41, 5.74) is 5.86. The molecule has 1 unspecified atom stereocenters. The van der Waals surface area contributed by atoms with E-state index < -0.39 is 0 Å². The number of hydrogen-bond acceptors (Lipinski definition) is 4. The van der Waals surface area contributed by atoms with Crippen molar-refractivity contribution in [2.45, 2.75) is 19.4 Å². The Hall–Kier alpha value is 0.230. The first-order valence-electron chi connectivity index (χ1n) is 5.98. The van der Waals surface area contributed by atoms with Crippen LogP contribution < -0.4 is 5.73 Å². The average Bonchev–Trinajstić information content (AvgIpc) is 2.26. The normalized spacial score (nSPS) is 21.8. The fraction of sp³-hybridized carbons (Fsp3) is 1.00. The van der Waals surface area contributed by atoms with Crippen molar-refractivity contribution >= 4 is 11.8 Å². The van der Waals surface area contributed by atoms with Crippen LogP contribution in [0.1, 0.15) is 13.3 Å². The predicted molar refractivity (Wildman–Crippen MR) is 69.5 cm³/mol. The molecule has 1 aliphatic rings. The van der Waals surface area contributed by atoms with E-state index in [0.29, 0.717) is 6.04 Å². The van der Waals surface area contributed by atoms with Gasteiger partial charge in [-0.3, -0.25) is 4.90 Å². The number of piperazine rings is 1. The minimum Gasteiger partial charge on any atom is -0.329 e. The molecule has 90 valence electrons. The van der Waals surface area contributed by atoms with Crippen LogP contribution >= 0.6 is 11.8 Å². The molecule has 0 amide bonds. The predicted octanol–water partition coefficient (Wildman–Crippen LogP) is 0.704. The molecule has 1 saturated heterocycles. The van der Waals surface area contributed by atoms with Crippen molar-refractivity contribution in [2.24, 2.45) is 5.73 Å². The van der Waals surface area contributed by atoms with E-state index in [1.165, 1.54) is 44.1 Å². The number of nitrogens with zero attached hydrogens (tertiary/aromatic N) is 2. The molecule has 3 nitrogen and oxygen atoms in total. The number of nitrogens with two attached hydrogens (primary N) is 1. The maximum Gasteiger partial charge on any atom is 0.0227 e. The monoisotopic (exact) mass is 231 g/mol. The van der Waals surface area contributed by atoms with Crippen molar-refractivity contribution in [1.82, 2.24) is 9.80 Å². The lowest BCUT2D eigenvalue weighted by Gasteiger charge is -2.37. The number of thioether (sulfide) groups is 1. The summed E-state index contributed by atoms with van der Waals surface area (Å²) in [4.78, 5) is 4.96. The Kier molecular flexibility index (Phi) is 6.64. The quantitative estimate of drug-likeness (QED) is 0.682. The smallest absolute Gasteiger partial charge is 0.0227 e. The molecular formula is C11H25N3S. The van der Waals surface area contributed by atoms with Gasteiger partial charge in [-0.05, 0) is 25.0 Å². The summed E-state index contributed by atoms with van der Waals surface area (Å²) in [6.45, 7) is 7.80. The van der Waals surface area contributed by atoms with Crippen LogP contribution in [0.15, 0.2) is 0 Å². The first kappa shape index (κ1) is 13.3. The molecule has 0 aromatic carbocycles. The van der Waals surface area contributed by atoms with E-state index in [1.807, 2.05) is 11.8 Å². The van der Waals surface area contributed by atoms with Crippen molar-refractivity contribution in [3.8, 4) is 0 Å². The van der Waals surface area contributed by atoms with Gasteiger partial charge in [0, 0.05) is 38.8 Å². The molecule has 0 radical (unpaired) electrons. The van der Waals surface area contributed by atoms with Gasteiger partial charge < -0.3 is 10.6 Å². The zero-order valence-corrected chi connectivity index (χ0v) is 10.9. The van der Waals surface area contributed by atoms with Gasteiger partial charge in [-0.15, -0.1) is 0 Å². The Bertz CT molecular complexity index is 158. The highest BCUT2D eigenvalue weighted by Crippen LogP contribution is 2.11. The molecule has 0 aliphatic carbocycles. The highest BCUT2D eigenvalue weighted by molar-refractivity contribution is 7.99. The van der Waals surface area contributed by atoms with E-state index >= 15 is 0 Å². The highest BCUT2D eigenvalue weighted by Gasteiger charge is 2.20. The van der Waals surface area contributed by atoms with E-state index in [4.69, 9.17) is 5.73 Å². The second kappa shape index (κ2) is 7.49. The fourth-order valence-corrected chi connectivity index (χ4v) is 2.73. The van der Waals surface area contributed by atoms with Gasteiger partial charge in [0.05, 0.1) is 0 Å². The van der Waals surface area contributed by atoms with E-state index in [-0.39, 0.29) is 0 Å². The van der Waals surface area contributed by atoms with Crippen molar-refractivity contribution in [1.29, 1.82) is 0 Å². The Labute approximate surface area is 98.4 Å². The van der Waals surface area contributed by atoms with E-state index in [1.54, 1.807) is 0 Å². The molecule has 1 rings (SSSR count). The molecule has 0 spiro atoms. The summed E-state index contributed by atoms with van der Waals surface area (Å²) in [5.74, 6) is 2.48. The summed E-state index contributed by atoms with van der Waals surface area (Å²) in [6.07, 6.45) is 1.25. The van der Waals surface area contributed by atoms with E-state index in [2.05, 4.69) is 23.8 Å². The minimum absolute atomic E-state index is 0.609. The Morgan fingerprint density at radius 3 is 2.47 bits per heavy atom. The van der Waals surface area contributed by atoms with Gasteiger partial charge in [-0.2, -0.15) is 11.8 Å². The van der Waals surface area contributed by atoms with Crippen molar-refractivity contribution in [3.63, 3.8) is 0 Å². The lowest BCUT2D eigenvalue weighted by molar-refractivity contribution is 0.113. The fourth-order valence-electron chi connectivity index (χ4n) is 2.00. The largest absolute Gasteiger partial charge is 0.329 e. The molecule has 0 saturated carbocycles. The van der Waals surface area contributed by atoms with Gasteiger partial charge >= 0.3 is 0 Å². The number of rotatable bonds is 6. The van der Waals surface area contributed by atoms with E-state index in [9.17, 15) is 0 Å². The first-order chi connectivity index (χ1) is 7.27. The third-order valence-electron chi connectivity index (χ3n) is 3.13. The van der Waals surface area contributed by atoms with Crippen LogP contribution in [0.4, 0.5) is 0 Å². The molecule has 0 aromatic heterocycles. The summed E-state index contributed by atoms with van der Waals surface area (Å²) >= 11 is 2.02. The van der Waals surface area contributed by atoms with Crippen LogP contribution in [0.5, 0.6) is 0 Å². The maximum absolute atomic E-state index is 5.86. The molecule has 1 heterocycles. The van der Waals surface area contributed by atoms with Gasteiger partial charge in [0.2, 0.25) is 0 Å². The van der Waals surface area contributed by atoms with Crippen LogP contribution in [-0.4, -0.2) is 67.1 Å². The summed E-state index contributed by atoms with van der Waals surface area (Å²) < 4.78 is 0. The average molecular weight is 231 g/mol. The van der Waals surface area contributed by atoms with Gasteiger partial charge in [-0.25, -0.2) is 0 Å². The summed E-state index contributed by atoms with van der Waals surface area (Å²) in [7, 11) is 2.20. The Morgan fingerprint density at radius 2 is 1.93 bits per heavy atom. The maximum atomic E-state index is 5.86. The van der Waals surface area contributed by atoms with Gasteiger partial charge in [0.25, 0.3) is 0 Å². The number of likely N-dealkylation sites (N-methyl/N-ethyl adjacent to an activating group) is 1. The third-order valence-corrected chi connectivity index (χ3v) is 4.06. The Morgan fingerprint density at radius 1 is 1.27 bits per heavy atom. The molecule has 0 aromatic rings. The molecule has 0 bridgehead atoms. The van der Waals surface area contributed by atoms with Crippen LogP contribution in [0, 0.1) is 0 Å². The summed E-state index contributed by atoms with van der Waals surface area (Å²) in [5, 5.41) is 0. The molecule has 15 heavy (non-hydrogen) atoms. The van der Waals surface area contributed by atoms with Crippen LogP contribution in [0.25, 0.3) is 0 Å². The lowest BCUT2D eigenvalue weighted by Crippen LogP contribution is -2.51. The molecule has 1 fully saturated rings. The number of hydrogen-bond donors (Lipinski definition) is 1. The minimum atomic E-state index is 0.609. The Balaban J connectivity index is 2.24. The van der Waals surface area contributed by atoms with Crippen LogP contribution in [0.3, 0.4) is 0 Å². The first-order valence-corrected chi connectivity index (χ1v) is 7.13. The molecule has 2 N–H and O–H groups in total. The lowest BCUT2D eigenvalue weighted by atomic mass is 10.1. The second-order valence-electron chi connectivity index (χ2n) is 4.21. The SMILES string of the molecule is CCSCCC(CN)N1CCN(C)CC1. The van der Waals surface area contributed by atoms with E-state index in [0.717, 1.165) is 6.54 Å².